The van der Waals surface area contributed by atoms with Gasteiger partial charge in [0.15, 0.2) is 17.2 Å². The molecule has 0 saturated carbocycles. The van der Waals surface area contributed by atoms with Crippen molar-refractivity contribution in [3.05, 3.63) is 82.4 Å². The van der Waals surface area contributed by atoms with Gasteiger partial charge in [-0.2, -0.15) is 42.1 Å². The predicted molar refractivity (Wildman–Crippen MR) is 235 cm³/mol. The third-order valence-electron chi connectivity index (χ3n) is 9.32. The Kier molecular flexibility index (Phi) is 13.3. The summed E-state index contributed by atoms with van der Waals surface area (Å²) >= 11 is 0. The number of nitrogens with zero attached hydrogens (tertiary/aromatic N) is 7. The highest BCUT2D eigenvalue weighted by Crippen LogP contribution is 2.50. The Bertz CT molecular complexity index is 4200. The molecule has 0 radical (unpaired) electrons. The van der Waals surface area contributed by atoms with Gasteiger partial charge >= 0.3 is 5.97 Å². The standard InChI is InChI=1S/C33H23N9O23S6/c34-27-21(11-23(68(54,55)56)17-10-25(70(60,61)62)29(31(44)26(17)27)41-37-19-5-2-13(67(51,52)53)8-22(19)42(47)48)39-38-20-6-3-14-15(32(20)71(63,64)65)9-24(69(57,58)59)28(30(14)43)40-36-18-4-1-12(66(35,49)50)7-16(18)33(45)46/h1-11,43-44H,34H2,(H,45,46)(H2,35,49,50)(H,51,52,53)(H,54,55,56)(H,57,58,59)(H,60,61,62)(H,63,64,65). The van der Waals surface area contributed by atoms with Gasteiger partial charge in [0.2, 0.25) is 10.0 Å². The van der Waals surface area contributed by atoms with Crippen molar-refractivity contribution in [2.75, 3.05) is 5.73 Å². The number of hydrogen-bond acceptors (Lipinski definition) is 24. The molecule has 0 saturated heterocycles. The molecule has 0 aliphatic rings. The quantitative estimate of drug-likeness (QED) is 0.0232. The van der Waals surface area contributed by atoms with Crippen LogP contribution in [0.4, 0.5) is 45.5 Å². The number of nitrogens with two attached hydrogens (primary N) is 2. The molecule has 12 N–H and O–H groups in total. The normalized spacial score (nSPS) is 13.3. The Labute approximate surface area is 394 Å². The molecular formula is C33H23N9O23S6. The zero-order valence-electron chi connectivity index (χ0n) is 33.8. The number of nitro benzene ring substituents is 1. The summed E-state index contributed by atoms with van der Waals surface area (Å²) in [5.41, 5.74) is -3.02. The summed E-state index contributed by atoms with van der Waals surface area (Å²) in [4.78, 5) is 14.8. The van der Waals surface area contributed by atoms with E-state index >= 15 is 0 Å². The topological polar surface area (TPSA) is 553 Å². The summed E-state index contributed by atoms with van der Waals surface area (Å²) in [6.07, 6.45) is 0. The number of phenolic OH excluding ortho intramolecular Hbond substituents is 2. The average molecular weight is 1110 g/mol. The number of carbonyl (C=O) groups is 1. The number of fused-ring (bicyclic) bond motifs is 2. The second-order valence-corrected chi connectivity index (χ2v) is 22.3. The van der Waals surface area contributed by atoms with Crippen LogP contribution in [0.1, 0.15) is 10.4 Å². The predicted octanol–water partition coefficient (Wildman–Crippen LogP) is 4.72. The lowest BCUT2D eigenvalue weighted by atomic mass is 10.0. The van der Waals surface area contributed by atoms with Gasteiger partial charge in [-0.25, -0.2) is 18.4 Å². The molecule has 0 aliphatic carbocycles. The number of nitrogen functional groups attached to an aromatic ring is 1. The summed E-state index contributed by atoms with van der Waals surface area (Å²) in [7, 11) is -32.1. The summed E-state index contributed by atoms with van der Waals surface area (Å²) in [6, 6.07) is 5.85. The zero-order valence-corrected chi connectivity index (χ0v) is 38.7. The smallest absolute Gasteiger partial charge is 0.338 e. The van der Waals surface area contributed by atoms with Crippen LogP contribution in [0.2, 0.25) is 0 Å². The number of aromatic hydroxyl groups is 2. The Morgan fingerprint density at radius 3 is 1.51 bits per heavy atom. The number of anilines is 1. The van der Waals surface area contributed by atoms with Gasteiger partial charge in [0.05, 0.1) is 26.5 Å². The van der Waals surface area contributed by atoms with Crippen LogP contribution < -0.4 is 10.9 Å². The molecule has 0 aromatic heterocycles. The largest absolute Gasteiger partial charge is 0.505 e. The molecule has 38 heteroatoms. The molecule has 0 bridgehead atoms. The molecule has 0 heterocycles. The molecule has 71 heavy (non-hydrogen) atoms. The van der Waals surface area contributed by atoms with Crippen molar-refractivity contribution < 1.29 is 98.3 Å². The number of benzene rings is 6. The maximum atomic E-state index is 12.9. The van der Waals surface area contributed by atoms with E-state index in [0.29, 0.717) is 42.5 Å². The highest BCUT2D eigenvalue weighted by molar-refractivity contribution is 7.89. The number of azo groups is 3. The van der Waals surface area contributed by atoms with Crippen molar-refractivity contribution in [1.29, 1.82) is 0 Å². The Morgan fingerprint density at radius 2 is 1.00 bits per heavy atom. The molecule has 374 valence electrons. The monoisotopic (exact) mass is 1100 g/mol. The van der Waals surface area contributed by atoms with E-state index in [9.17, 15) is 103 Å². The minimum absolute atomic E-state index is 0.261. The van der Waals surface area contributed by atoms with E-state index in [1.165, 1.54) is 0 Å². The van der Waals surface area contributed by atoms with Crippen LogP contribution in [0.5, 0.6) is 11.5 Å². The van der Waals surface area contributed by atoms with Gasteiger partial charge in [0.25, 0.3) is 56.3 Å². The van der Waals surface area contributed by atoms with Gasteiger partial charge in [-0.15, -0.1) is 30.7 Å². The lowest BCUT2D eigenvalue weighted by Crippen LogP contribution is -2.13. The van der Waals surface area contributed by atoms with Crippen LogP contribution in [-0.4, -0.2) is 99.5 Å². The third kappa shape index (κ3) is 10.6. The van der Waals surface area contributed by atoms with Crippen LogP contribution in [-0.2, 0) is 60.6 Å². The Hall–Kier alpha value is -7.63. The first-order valence-electron chi connectivity index (χ1n) is 17.7. The van der Waals surface area contributed by atoms with Gasteiger partial charge in [-0.1, -0.05) is 0 Å². The minimum atomic E-state index is -5.71. The SMILES string of the molecule is Nc1c(N=Nc2ccc3c(O)c(N=Nc4ccc(S(N)(=O)=O)cc4C(=O)O)c(S(=O)(=O)O)cc3c2S(=O)(=O)O)cc(S(=O)(=O)O)c2cc(S(=O)(=O)O)c(N=Nc3ccc(S(=O)(=O)O)cc3[N+](=O)[O-])c(O)c12. The van der Waals surface area contributed by atoms with Crippen LogP contribution in [0.3, 0.4) is 0 Å². The lowest BCUT2D eigenvalue weighted by Gasteiger charge is -2.14. The van der Waals surface area contributed by atoms with Crippen LogP contribution >= 0.6 is 0 Å². The number of primary sulfonamides is 1. The highest BCUT2D eigenvalue weighted by atomic mass is 32.2. The van der Waals surface area contributed by atoms with E-state index in [0.717, 1.165) is 18.2 Å². The minimum Gasteiger partial charge on any atom is -0.505 e. The van der Waals surface area contributed by atoms with E-state index < -0.39 is 185 Å². The van der Waals surface area contributed by atoms with E-state index in [1.54, 1.807) is 0 Å². The fraction of sp³-hybridized carbons (Fsp3) is 0. The molecule has 0 unspecified atom stereocenters. The van der Waals surface area contributed by atoms with Gasteiger partial charge < -0.3 is 21.1 Å². The Morgan fingerprint density at radius 1 is 0.521 bits per heavy atom. The van der Waals surface area contributed by atoms with Crippen LogP contribution in [0, 0.1) is 10.1 Å². The lowest BCUT2D eigenvalue weighted by molar-refractivity contribution is -0.384. The van der Waals surface area contributed by atoms with Crippen molar-refractivity contribution >= 4 is 134 Å². The molecule has 32 nitrogen and oxygen atoms in total. The fourth-order valence-electron chi connectivity index (χ4n) is 6.28. The van der Waals surface area contributed by atoms with Crippen molar-refractivity contribution in [3.8, 4) is 11.5 Å². The number of nitro groups is 1. The molecule has 0 aliphatic heterocycles. The highest BCUT2D eigenvalue weighted by Gasteiger charge is 2.31. The number of sulfonamides is 1. The molecule has 0 fully saturated rings. The summed E-state index contributed by atoms with van der Waals surface area (Å²) in [6.45, 7) is 0. The van der Waals surface area contributed by atoms with Crippen molar-refractivity contribution in [3.63, 3.8) is 0 Å². The van der Waals surface area contributed by atoms with E-state index in [1.807, 2.05) is 0 Å². The summed E-state index contributed by atoms with van der Waals surface area (Å²) in [5, 5.41) is 66.2. The second kappa shape index (κ2) is 18.0. The van der Waals surface area contributed by atoms with Gasteiger partial charge in [-0.05, 0) is 60.7 Å². The maximum Gasteiger partial charge on any atom is 0.338 e. The third-order valence-corrected chi connectivity index (χ3v) is 14.7. The maximum absolute atomic E-state index is 12.9. The molecule has 6 rings (SSSR count). The molecule has 0 spiro atoms. The number of aromatic carboxylic acids is 1. The molecule has 6 aromatic rings. The van der Waals surface area contributed by atoms with Crippen molar-refractivity contribution in [1.82, 2.24) is 0 Å². The summed E-state index contributed by atoms with van der Waals surface area (Å²) < 4.78 is 198. The van der Waals surface area contributed by atoms with Gasteiger partial charge in [-0.3, -0.25) is 32.9 Å². The fourth-order valence-corrected chi connectivity index (χ4v) is 10.1. The van der Waals surface area contributed by atoms with Crippen molar-refractivity contribution in [2.24, 2.45) is 35.8 Å². The Balaban J connectivity index is 1.59. The second-order valence-electron chi connectivity index (χ2n) is 13.8. The number of carboxylic acid groups (broad SMARTS) is 1. The first-order valence-corrected chi connectivity index (χ1v) is 26.4. The van der Waals surface area contributed by atoms with Gasteiger partial charge in [0, 0.05) is 22.2 Å². The van der Waals surface area contributed by atoms with E-state index in [4.69, 9.17) is 10.9 Å². The average Bonchev–Trinajstić information content (AvgIpc) is 3.22. The number of phenols is 2. The number of carboxylic acids is 1. The molecular weight excluding hydrogens is 1080 g/mol. The first kappa shape index (κ1) is 52.7. The van der Waals surface area contributed by atoms with E-state index in [2.05, 4.69) is 30.7 Å². The summed E-state index contributed by atoms with van der Waals surface area (Å²) in [5.74, 6) is -4.68. The molecule has 0 atom stereocenters. The van der Waals surface area contributed by atoms with Crippen molar-refractivity contribution in [2.45, 2.75) is 29.4 Å². The van der Waals surface area contributed by atoms with E-state index in [-0.39, 0.29) is 6.07 Å². The molecule has 6 aromatic carbocycles. The zero-order chi connectivity index (χ0) is 53.3. The van der Waals surface area contributed by atoms with Crippen LogP contribution in [0.15, 0.2) is 127 Å². The number of rotatable bonds is 14. The van der Waals surface area contributed by atoms with Crippen LogP contribution in [0.25, 0.3) is 21.5 Å². The number of hydrogen-bond donors (Lipinski definition) is 10. The molecule has 0 amide bonds. The van der Waals surface area contributed by atoms with Gasteiger partial charge in [0.1, 0.15) is 52.9 Å². The first-order chi connectivity index (χ1) is 32.4.